The van der Waals surface area contributed by atoms with Crippen molar-refractivity contribution in [3.63, 3.8) is 0 Å². The van der Waals surface area contributed by atoms with Gasteiger partial charge in [-0.05, 0) is 26.5 Å². The molecule has 116 valence electrons. The van der Waals surface area contributed by atoms with Crippen LogP contribution in [0.5, 0.6) is 5.75 Å². The van der Waals surface area contributed by atoms with Gasteiger partial charge in [-0.15, -0.1) is 0 Å². The Hall–Kier alpha value is -1.10. The van der Waals surface area contributed by atoms with E-state index in [1.165, 1.54) is 5.56 Å². The Morgan fingerprint density at radius 3 is 2.62 bits per heavy atom. The number of rotatable bonds is 3. The summed E-state index contributed by atoms with van der Waals surface area (Å²) >= 11 is 0. The number of ether oxygens (including phenoxy) is 2. The zero-order valence-corrected chi connectivity index (χ0v) is 13.2. The van der Waals surface area contributed by atoms with Crippen LogP contribution in [0, 0.1) is 0 Å². The summed E-state index contributed by atoms with van der Waals surface area (Å²) in [6.07, 6.45) is 0.571. The summed E-state index contributed by atoms with van der Waals surface area (Å²) in [5.74, 6) is 1.02. The Morgan fingerprint density at radius 1 is 1.19 bits per heavy atom. The Labute approximate surface area is 127 Å². The van der Waals surface area contributed by atoms with E-state index in [2.05, 4.69) is 49.2 Å². The molecule has 2 aliphatic heterocycles. The van der Waals surface area contributed by atoms with Crippen molar-refractivity contribution < 1.29 is 9.47 Å². The maximum absolute atomic E-state index is 6.01. The van der Waals surface area contributed by atoms with Crippen molar-refractivity contribution in [2.45, 2.75) is 45.1 Å². The molecule has 21 heavy (non-hydrogen) atoms. The van der Waals surface area contributed by atoms with Gasteiger partial charge in [0, 0.05) is 18.7 Å². The van der Waals surface area contributed by atoms with E-state index >= 15 is 0 Å². The maximum atomic E-state index is 6.01. The summed E-state index contributed by atoms with van der Waals surface area (Å²) in [5.41, 5.74) is 1.28. The topological polar surface area (TPSA) is 33.7 Å². The van der Waals surface area contributed by atoms with E-state index in [4.69, 9.17) is 9.47 Å². The predicted octanol–water partition coefficient (Wildman–Crippen LogP) is 2.21. The fourth-order valence-corrected chi connectivity index (χ4v) is 3.62. The lowest BCUT2D eigenvalue weighted by atomic mass is 9.94. The van der Waals surface area contributed by atoms with Gasteiger partial charge in [0.2, 0.25) is 0 Å². The summed E-state index contributed by atoms with van der Waals surface area (Å²) < 4.78 is 11.9. The highest BCUT2D eigenvalue weighted by atomic mass is 16.5. The van der Waals surface area contributed by atoms with Crippen LogP contribution in [0.4, 0.5) is 0 Å². The van der Waals surface area contributed by atoms with Crippen molar-refractivity contribution in [1.29, 1.82) is 0 Å². The van der Waals surface area contributed by atoms with Gasteiger partial charge < -0.3 is 14.8 Å². The fraction of sp³-hybridized carbons (Fsp3) is 0.647. The molecule has 0 saturated carbocycles. The highest BCUT2D eigenvalue weighted by Crippen LogP contribution is 2.35. The zero-order chi connectivity index (χ0) is 14.8. The zero-order valence-electron chi connectivity index (χ0n) is 13.2. The molecule has 3 rings (SSSR count). The van der Waals surface area contributed by atoms with Gasteiger partial charge in [-0.3, -0.25) is 4.90 Å². The standard InChI is InChI=1S/C17H26N2O2/c1-4-18-17-14-7-5-6-8-16(14)20-11-15(17)19-9-12(2)21-13(3)10-19/h5-8,12-13,15,17-18H,4,9-11H2,1-3H3/t12-,13+,15?,17?. The third-order valence-corrected chi connectivity index (χ3v) is 4.39. The van der Waals surface area contributed by atoms with E-state index in [0.717, 1.165) is 32.0 Å². The molecule has 2 aliphatic rings. The molecular weight excluding hydrogens is 264 g/mol. The van der Waals surface area contributed by atoms with Crippen LogP contribution in [0.2, 0.25) is 0 Å². The van der Waals surface area contributed by atoms with Crippen LogP contribution in [0.3, 0.4) is 0 Å². The first kappa shape index (κ1) is 14.8. The molecule has 1 aromatic rings. The van der Waals surface area contributed by atoms with E-state index in [-0.39, 0.29) is 12.2 Å². The minimum absolute atomic E-state index is 0.285. The summed E-state index contributed by atoms with van der Waals surface area (Å²) in [4.78, 5) is 2.53. The van der Waals surface area contributed by atoms with Gasteiger partial charge in [0.25, 0.3) is 0 Å². The number of hydrogen-bond donors (Lipinski definition) is 1. The largest absolute Gasteiger partial charge is 0.492 e. The van der Waals surface area contributed by atoms with Crippen LogP contribution >= 0.6 is 0 Å². The van der Waals surface area contributed by atoms with Crippen molar-refractivity contribution in [1.82, 2.24) is 10.2 Å². The van der Waals surface area contributed by atoms with Gasteiger partial charge in [0.05, 0.1) is 24.3 Å². The summed E-state index contributed by atoms with van der Waals surface area (Å²) in [6.45, 7) is 10.1. The van der Waals surface area contributed by atoms with Gasteiger partial charge in [0.15, 0.2) is 0 Å². The number of nitrogens with zero attached hydrogens (tertiary/aromatic N) is 1. The molecule has 0 spiro atoms. The smallest absolute Gasteiger partial charge is 0.124 e. The van der Waals surface area contributed by atoms with E-state index in [9.17, 15) is 0 Å². The third kappa shape index (κ3) is 3.07. The predicted molar refractivity (Wildman–Crippen MR) is 83.7 cm³/mol. The van der Waals surface area contributed by atoms with Crippen LogP contribution in [0.25, 0.3) is 0 Å². The number of nitrogens with one attached hydrogen (secondary N) is 1. The normalized spacial score (nSPS) is 33.3. The highest BCUT2D eigenvalue weighted by molar-refractivity contribution is 5.38. The first-order valence-electron chi connectivity index (χ1n) is 8.03. The van der Waals surface area contributed by atoms with Crippen molar-refractivity contribution >= 4 is 0 Å². The Bertz CT molecular complexity index is 470. The van der Waals surface area contributed by atoms with E-state index in [1.54, 1.807) is 0 Å². The van der Waals surface area contributed by atoms with E-state index < -0.39 is 0 Å². The first-order chi connectivity index (χ1) is 10.2. The number of benzene rings is 1. The second-order valence-corrected chi connectivity index (χ2v) is 6.16. The van der Waals surface area contributed by atoms with Gasteiger partial charge >= 0.3 is 0 Å². The first-order valence-corrected chi connectivity index (χ1v) is 8.03. The lowest BCUT2D eigenvalue weighted by Gasteiger charge is -2.45. The molecule has 4 heteroatoms. The molecule has 1 saturated heterocycles. The Kier molecular flexibility index (Phi) is 4.48. The minimum atomic E-state index is 0.285. The molecule has 4 nitrogen and oxygen atoms in total. The number of hydrogen-bond acceptors (Lipinski definition) is 4. The highest BCUT2D eigenvalue weighted by Gasteiger charge is 2.37. The second-order valence-electron chi connectivity index (χ2n) is 6.16. The average molecular weight is 290 g/mol. The molecule has 4 atom stereocenters. The van der Waals surface area contributed by atoms with Crippen molar-refractivity contribution in [3.8, 4) is 5.75 Å². The number of morpholine rings is 1. The minimum Gasteiger partial charge on any atom is -0.492 e. The molecule has 0 radical (unpaired) electrons. The second kappa shape index (κ2) is 6.34. The Morgan fingerprint density at radius 2 is 1.90 bits per heavy atom. The molecule has 0 aliphatic carbocycles. The fourth-order valence-electron chi connectivity index (χ4n) is 3.62. The van der Waals surface area contributed by atoms with Crippen molar-refractivity contribution in [3.05, 3.63) is 29.8 Å². The summed E-state index contributed by atoms with van der Waals surface area (Å²) in [7, 11) is 0. The molecular formula is C17H26N2O2. The van der Waals surface area contributed by atoms with Crippen LogP contribution in [0.15, 0.2) is 24.3 Å². The van der Waals surface area contributed by atoms with Gasteiger partial charge in [-0.25, -0.2) is 0 Å². The molecule has 0 bridgehead atoms. The van der Waals surface area contributed by atoms with Gasteiger partial charge in [-0.1, -0.05) is 25.1 Å². The van der Waals surface area contributed by atoms with E-state index in [1.807, 2.05) is 6.07 Å². The average Bonchev–Trinajstić information content (AvgIpc) is 2.47. The van der Waals surface area contributed by atoms with Gasteiger partial charge in [0.1, 0.15) is 12.4 Å². The monoisotopic (exact) mass is 290 g/mol. The van der Waals surface area contributed by atoms with Gasteiger partial charge in [-0.2, -0.15) is 0 Å². The maximum Gasteiger partial charge on any atom is 0.124 e. The number of fused-ring (bicyclic) bond motifs is 1. The van der Waals surface area contributed by atoms with Crippen LogP contribution < -0.4 is 10.1 Å². The lowest BCUT2D eigenvalue weighted by Crippen LogP contribution is -2.57. The van der Waals surface area contributed by atoms with Crippen LogP contribution in [-0.4, -0.2) is 49.4 Å². The van der Waals surface area contributed by atoms with Crippen LogP contribution in [-0.2, 0) is 4.74 Å². The van der Waals surface area contributed by atoms with E-state index in [0.29, 0.717) is 12.1 Å². The summed E-state index contributed by atoms with van der Waals surface area (Å²) in [6, 6.07) is 9.09. The molecule has 0 aromatic heterocycles. The molecule has 1 N–H and O–H groups in total. The third-order valence-electron chi connectivity index (χ3n) is 4.39. The van der Waals surface area contributed by atoms with Crippen molar-refractivity contribution in [2.75, 3.05) is 26.2 Å². The van der Waals surface area contributed by atoms with Crippen molar-refractivity contribution in [2.24, 2.45) is 0 Å². The number of para-hydroxylation sites is 1. The SMILES string of the molecule is CCNC1c2ccccc2OCC1N1C[C@@H](C)O[C@@H](C)C1. The summed E-state index contributed by atoms with van der Waals surface area (Å²) in [5, 5.41) is 3.66. The number of likely N-dealkylation sites (N-methyl/N-ethyl adjacent to an activating group) is 1. The van der Waals surface area contributed by atoms with Crippen LogP contribution in [0.1, 0.15) is 32.4 Å². The molecule has 1 fully saturated rings. The molecule has 2 heterocycles. The Balaban J connectivity index is 1.84. The molecule has 0 amide bonds. The molecule has 1 aromatic carbocycles. The lowest BCUT2D eigenvalue weighted by molar-refractivity contribution is -0.0912. The quantitative estimate of drug-likeness (QED) is 0.925. The molecule has 2 unspecified atom stereocenters.